The first kappa shape index (κ1) is 113. The maximum atomic E-state index is 13.2. The molecule has 0 aliphatic heterocycles. The number of carbonyl (C=O) groups excluding carboxylic acids is 3. The van der Waals surface area contributed by atoms with Gasteiger partial charge in [0.25, 0.3) is 0 Å². The van der Waals surface area contributed by atoms with E-state index in [1.54, 1.807) is 147 Å². The number of alkyl carbamates (subject to hydrolysis) is 2. The molecule has 143 heavy (non-hydrogen) atoms. The van der Waals surface area contributed by atoms with Crippen molar-refractivity contribution in [1.82, 2.24) is 58.8 Å². The molecule has 30 nitrogen and oxygen atoms in total. The van der Waals surface area contributed by atoms with Crippen LogP contribution >= 0.6 is 15.9 Å². The fraction of sp³-hybridized carbons (Fsp3) is 0.191. The van der Waals surface area contributed by atoms with Crippen LogP contribution in [0.4, 0.5) is 31.4 Å². The highest BCUT2D eigenvalue weighted by Crippen LogP contribution is 2.28. The molecule has 8 aromatic carbocycles. The van der Waals surface area contributed by atoms with Gasteiger partial charge in [0.2, 0.25) is 5.91 Å². The number of pyridine rings is 5. The number of fused-ring (bicyclic) bond motifs is 5. The Kier molecular flexibility index (Phi) is 43.0. The molecule has 0 saturated carbocycles. The zero-order chi connectivity index (χ0) is 98.3. The molecule has 3 amide bonds. The molecule has 0 aliphatic carbocycles. The van der Waals surface area contributed by atoms with Gasteiger partial charge in [-0.05, 0) is 249 Å². The highest BCUT2D eigenvalue weighted by atomic mass is 79.9. The van der Waals surface area contributed by atoms with Crippen molar-refractivity contribution in [2.45, 2.75) is 112 Å². The van der Waals surface area contributed by atoms with Gasteiger partial charge in [-0.25, -0.2) is 24.0 Å². The van der Waals surface area contributed by atoms with E-state index in [-0.39, 0.29) is 67.2 Å². The topological polar surface area (TPSA) is 409 Å². The zero-order valence-electron chi connectivity index (χ0n) is 78.3. The third-order valence-electron chi connectivity index (χ3n) is 20.9. The Morgan fingerprint density at radius 2 is 0.769 bits per heavy atom. The highest BCUT2D eigenvalue weighted by Gasteiger charge is 2.27. The maximum absolute atomic E-state index is 13.2. The summed E-state index contributed by atoms with van der Waals surface area (Å²) in [6, 6.07) is 70.0. The predicted molar refractivity (Wildman–Crippen MR) is 573 cm³/mol. The number of nitrogen functional groups attached to an aromatic ring is 1. The second kappa shape index (κ2) is 54.4. The molecule has 0 saturated heterocycles. The number of aromatic carboxylic acids is 2. The molecule has 3 atom stereocenters. The zero-order valence-corrected chi connectivity index (χ0v) is 79.9. The first-order valence-corrected chi connectivity index (χ1v) is 44.5. The van der Waals surface area contributed by atoms with E-state index >= 15 is 0 Å². The van der Waals surface area contributed by atoms with Gasteiger partial charge in [-0.1, -0.05) is 105 Å². The van der Waals surface area contributed by atoms with Gasteiger partial charge in [-0.3, -0.25) is 34.4 Å². The van der Waals surface area contributed by atoms with Crippen molar-refractivity contribution < 1.29 is 73.9 Å². The summed E-state index contributed by atoms with van der Waals surface area (Å²) >= 11 is 3.41. The number of amides is 3. The van der Waals surface area contributed by atoms with Gasteiger partial charge < -0.3 is 95.0 Å². The molecular formula is C110H122BBrFN16O14. The van der Waals surface area contributed by atoms with Crippen molar-refractivity contribution in [3.05, 3.63) is 381 Å². The molecule has 10 aromatic heterocycles. The lowest BCUT2D eigenvalue weighted by Crippen LogP contribution is -2.47. The number of hydrogen-bond donors (Lipinski definition) is 10. The SMILES string of the molecule is Brc1ccc2cnccc2c1.C.C.C.COc1ccc(C[C@H](N)CNc2ccn(-c3ccc4cnccc4c3)c2)cc1.COc1ccc(C[C@H](NC(=O)OC(C)(C)C)C(=O)Nc2ccn(-c3ccc4cnccc4c3)c2)cc1.COc1ccc(C[C@H](NC(=O)OC(C)(C)C)C(=O)O)cc1.F.Nc1ccn(-c2ccc3cnccc3c2)c1.O=C(O)c1cc[nH]c1.O=C(O)c1ccn(-c2ccc3cnccc3c2)c1.[2HH].[B]. The standard InChI is InChI=1S/C28H30N4O4.C23H24N4O.C15H21NO5.C14H10N2O2.C13H11N3.C9H6BrN.C5H5NO2.3CH4.B.FH.H2/c1-28(2,3)36-27(34)31-25(15-19-5-9-24(35-4)10-6-19)26(33)30-22-12-14-32(18-22)23-8-7-21-17-29-13-11-20(21)16-23;1-28-23-6-2-17(3-7-23)12-20(24)15-26-21-9-11-27(16-21)22-5-4-19-14-25-10-8-18(19)13-22;1-15(2,3)21-14(19)16-12(13(17)18)9-10-5-7-11(20-4)8-6-10;17-14(18)12-4-6-16(9-12)13-2-1-11-8-15-5-3-10(11)7-13;14-12-4-6-16(9-12)13-2-1-11-8-15-5-3-10(11)7-13;10-9-2-1-8-6-11-4-3-7(8)5-9;7-5(8)4-1-2-6-3-4;;;;;;/h5-14,16-18,25H,15H2,1-4H3,(H,30,33)(H,31,34);2-11,13-14,16,20,26H,12,15,24H2,1H3;5-8,12H,9H2,1-4H3,(H,16,19)(H,17,18);1-9H,(H,17,18);1-9H,14H2;1-6H;1-3,6H,(H,7,8);3*1H4;;2*1H/t25-;20-;12-;;;;;;;;;;/m000........../s1/i;;;;;;;;;;;;1+1. The average Bonchev–Trinajstić information content (AvgIpc) is 1.64. The van der Waals surface area contributed by atoms with Crippen LogP contribution in [0.5, 0.6) is 17.2 Å². The second-order valence-corrected chi connectivity index (χ2v) is 34.4. The van der Waals surface area contributed by atoms with Gasteiger partial charge in [0.1, 0.15) is 40.5 Å². The summed E-state index contributed by atoms with van der Waals surface area (Å²) in [4.78, 5) is 92.6. The lowest BCUT2D eigenvalue weighted by atomic mass is 10.1. The van der Waals surface area contributed by atoms with Crippen molar-refractivity contribution in [2.75, 3.05) is 44.2 Å². The normalized spacial score (nSPS) is 11.1. The van der Waals surface area contributed by atoms with Crippen molar-refractivity contribution in [1.29, 1.82) is 0 Å². The Hall–Kier alpha value is -16.9. The van der Waals surface area contributed by atoms with Crippen molar-refractivity contribution in [3.8, 4) is 40.0 Å². The van der Waals surface area contributed by atoms with E-state index < -0.39 is 53.4 Å². The van der Waals surface area contributed by atoms with Crippen LogP contribution in [-0.2, 0) is 38.3 Å². The molecule has 0 unspecified atom stereocenters. The van der Waals surface area contributed by atoms with Crippen LogP contribution in [0.1, 0.15) is 103 Å². The summed E-state index contributed by atoms with van der Waals surface area (Å²) in [6.07, 6.45) is 36.1. The number of nitrogens with two attached hydrogens (primary N) is 2. The molecular weight excluding hydrogens is 1880 g/mol. The van der Waals surface area contributed by atoms with Gasteiger partial charge in [0.05, 0.1) is 43.8 Å². The fourth-order valence-corrected chi connectivity index (χ4v) is 14.3. The molecule has 18 aromatic rings. The van der Waals surface area contributed by atoms with E-state index in [4.69, 9.17) is 45.4 Å². The Balaban J connectivity index is 0.000000266. The van der Waals surface area contributed by atoms with E-state index in [1.165, 1.54) is 39.4 Å². The van der Waals surface area contributed by atoms with E-state index in [0.717, 1.165) is 94.2 Å². The monoisotopic (exact) mass is 2000 g/mol. The van der Waals surface area contributed by atoms with E-state index in [2.05, 4.69) is 151 Å². The molecule has 0 aliphatic rings. The summed E-state index contributed by atoms with van der Waals surface area (Å²) in [6.45, 7) is 11.2. The third-order valence-corrected chi connectivity index (χ3v) is 21.4. The minimum Gasteiger partial charge on any atom is -0.497 e. The molecule has 0 fully saturated rings. The number of halogens is 2. The van der Waals surface area contributed by atoms with Crippen molar-refractivity contribution in [2.24, 2.45) is 5.73 Å². The van der Waals surface area contributed by atoms with Crippen LogP contribution < -0.4 is 46.9 Å². The lowest BCUT2D eigenvalue weighted by Gasteiger charge is -2.23. The van der Waals surface area contributed by atoms with Gasteiger partial charge in [-0.2, -0.15) is 0 Å². The van der Waals surface area contributed by atoms with Crippen LogP contribution in [0.25, 0.3) is 76.6 Å². The number of rotatable bonds is 23. The summed E-state index contributed by atoms with van der Waals surface area (Å²) in [7, 11) is 4.82. The largest absolute Gasteiger partial charge is 0.497 e. The average molecular weight is 2000 g/mol. The van der Waals surface area contributed by atoms with Crippen LogP contribution in [0, 0.1) is 0 Å². The molecule has 33 heteroatoms. The van der Waals surface area contributed by atoms with E-state index in [1.807, 2.05) is 186 Å². The number of nitrogens with zero attached hydrogens (tertiary/aromatic N) is 9. The third kappa shape index (κ3) is 34.9. The van der Waals surface area contributed by atoms with Gasteiger partial charge in [0.15, 0.2) is 0 Å². The van der Waals surface area contributed by atoms with Gasteiger partial charge >= 0.3 is 30.1 Å². The number of hydrogen-bond acceptors (Lipinski definition) is 19. The number of carboxylic acid groups (broad SMARTS) is 3. The number of benzene rings is 8. The Bertz CT molecular complexity index is 7120. The number of carbonyl (C=O) groups is 6. The molecule has 743 valence electrons. The van der Waals surface area contributed by atoms with E-state index in [0.29, 0.717) is 29.3 Å². The van der Waals surface area contributed by atoms with Gasteiger partial charge in [0, 0.05) is 219 Å². The summed E-state index contributed by atoms with van der Waals surface area (Å²) < 4.78 is 34.8. The number of anilines is 3. The minimum absolute atomic E-state index is 0. The number of ether oxygens (including phenoxy) is 5. The molecule has 18 rings (SSSR count). The Labute approximate surface area is 842 Å². The molecule has 3 radical (unpaired) electrons. The summed E-state index contributed by atoms with van der Waals surface area (Å²) in [5.41, 5.74) is 20.6. The van der Waals surface area contributed by atoms with Gasteiger partial charge in [-0.15, -0.1) is 0 Å². The summed E-state index contributed by atoms with van der Waals surface area (Å²) in [5.74, 6) is -1.01. The quantitative estimate of drug-likeness (QED) is 0.0266. The molecule has 0 spiro atoms. The van der Waals surface area contributed by atoms with Crippen LogP contribution in [0.2, 0.25) is 0 Å². The number of carboxylic acids is 3. The highest BCUT2D eigenvalue weighted by molar-refractivity contribution is 9.10. The van der Waals surface area contributed by atoms with E-state index in [9.17, 15) is 33.9 Å². The van der Waals surface area contributed by atoms with Crippen LogP contribution in [0.3, 0.4) is 0 Å². The number of H-pyrrole nitrogens is 1. The number of aromatic nitrogens is 10. The maximum Gasteiger partial charge on any atom is 0.408 e. The van der Waals surface area contributed by atoms with Crippen LogP contribution in [0.15, 0.2) is 353 Å². The van der Waals surface area contributed by atoms with Crippen molar-refractivity contribution >= 4 is 131 Å². The second-order valence-electron chi connectivity index (χ2n) is 33.5. The minimum atomic E-state index is -1.11. The Morgan fingerprint density at radius 3 is 1.13 bits per heavy atom. The predicted octanol–water partition coefficient (Wildman–Crippen LogP) is 22.3. The molecule has 10 heterocycles. The first-order valence-electron chi connectivity index (χ1n) is 43.7. The smallest absolute Gasteiger partial charge is 0.408 e. The van der Waals surface area contributed by atoms with Crippen molar-refractivity contribution in [3.63, 3.8) is 0 Å². The van der Waals surface area contributed by atoms with Crippen LogP contribution in [-0.4, -0.2) is 165 Å². The molecule has 0 bridgehead atoms. The fourth-order valence-electron chi connectivity index (χ4n) is 13.9. The number of methoxy groups -OCH3 is 3. The molecule has 12 N–H and O–H groups in total. The number of nitrogens with one attached hydrogen (secondary N) is 5. The number of aromatic amines is 1. The number of aliphatic carboxylic acids is 1. The first-order chi connectivity index (χ1) is 66.3. The Morgan fingerprint density at radius 1 is 0.420 bits per heavy atom. The lowest BCUT2D eigenvalue weighted by molar-refractivity contribution is -0.139. The summed E-state index contributed by atoms with van der Waals surface area (Å²) in [5, 5.41) is 49.1.